The van der Waals surface area contributed by atoms with Crippen molar-refractivity contribution in [2.75, 3.05) is 6.54 Å². The number of ether oxygens (including phenoxy) is 1. The minimum atomic E-state index is -0.963. The van der Waals surface area contributed by atoms with Gasteiger partial charge in [-0.3, -0.25) is 9.59 Å². The maximum atomic E-state index is 13.4. The third-order valence-electron chi connectivity index (χ3n) is 5.95. The lowest BCUT2D eigenvalue weighted by molar-refractivity contribution is -0.137. The SMILES string of the molecule is C[C@@]1(Cc2ccccc2Cl)Cc2cc(C(=O)N(CCC(=O)O)Cc3ccccc3Cl)ccc2O1. The number of aliphatic carboxylic acids is 1. The van der Waals surface area contributed by atoms with Gasteiger partial charge in [0.1, 0.15) is 11.4 Å². The average molecular weight is 498 g/mol. The average Bonchev–Trinajstić information content (AvgIpc) is 3.13. The Hall–Kier alpha value is -3.02. The largest absolute Gasteiger partial charge is 0.487 e. The van der Waals surface area contributed by atoms with Crippen LogP contribution in [0.4, 0.5) is 0 Å². The third-order valence-corrected chi connectivity index (χ3v) is 6.69. The number of carboxylic acids is 1. The second kappa shape index (κ2) is 10.1. The van der Waals surface area contributed by atoms with E-state index in [0.29, 0.717) is 28.5 Å². The molecule has 5 nitrogen and oxygen atoms in total. The summed E-state index contributed by atoms with van der Waals surface area (Å²) in [5.74, 6) is -0.465. The maximum Gasteiger partial charge on any atom is 0.305 e. The Balaban J connectivity index is 1.54. The summed E-state index contributed by atoms with van der Waals surface area (Å²) >= 11 is 12.6. The number of nitrogens with zero attached hydrogens (tertiary/aromatic N) is 1. The minimum absolute atomic E-state index is 0.0806. The third kappa shape index (κ3) is 5.54. The summed E-state index contributed by atoms with van der Waals surface area (Å²) in [6, 6.07) is 20.3. The smallest absolute Gasteiger partial charge is 0.305 e. The standard InChI is InChI=1S/C27H25Cl2NO4/c1-27(15-19-6-2-4-8-22(19)28)16-21-14-18(10-11-24(21)34-27)26(33)30(13-12-25(31)32)17-20-7-3-5-9-23(20)29/h2-11,14H,12-13,15-17H2,1H3,(H,31,32)/t27-/m1/s1. The molecule has 0 fully saturated rings. The molecule has 7 heteroatoms. The van der Waals surface area contributed by atoms with Crippen molar-refractivity contribution in [1.29, 1.82) is 0 Å². The monoisotopic (exact) mass is 497 g/mol. The zero-order chi connectivity index (χ0) is 24.3. The van der Waals surface area contributed by atoms with Gasteiger partial charge in [-0.25, -0.2) is 0 Å². The van der Waals surface area contributed by atoms with Gasteiger partial charge in [0.2, 0.25) is 0 Å². The van der Waals surface area contributed by atoms with Crippen molar-refractivity contribution in [3.8, 4) is 5.75 Å². The molecular formula is C27H25Cl2NO4. The number of amides is 1. The van der Waals surface area contributed by atoms with Crippen LogP contribution in [0.15, 0.2) is 66.7 Å². The molecule has 0 unspecified atom stereocenters. The molecule has 34 heavy (non-hydrogen) atoms. The Morgan fingerprint density at radius 3 is 2.29 bits per heavy atom. The van der Waals surface area contributed by atoms with E-state index in [2.05, 4.69) is 0 Å². The first kappa shape index (κ1) is 24.1. The lowest BCUT2D eigenvalue weighted by Gasteiger charge is -2.24. The highest BCUT2D eigenvalue weighted by molar-refractivity contribution is 6.31. The molecule has 4 rings (SSSR count). The lowest BCUT2D eigenvalue weighted by atomic mass is 9.91. The van der Waals surface area contributed by atoms with Crippen molar-refractivity contribution in [2.45, 2.75) is 38.3 Å². The van der Waals surface area contributed by atoms with Gasteiger partial charge in [-0.05, 0) is 53.9 Å². The molecule has 0 radical (unpaired) electrons. The van der Waals surface area contributed by atoms with E-state index in [-0.39, 0.29) is 25.4 Å². The summed E-state index contributed by atoms with van der Waals surface area (Å²) in [6.07, 6.45) is 1.12. The van der Waals surface area contributed by atoms with Crippen LogP contribution in [-0.4, -0.2) is 34.0 Å². The fraction of sp³-hybridized carbons (Fsp3) is 0.259. The molecule has 3 aromatic rings. The van der Waals surface area contributed by atoms with Crippen molar-refractivity contribution >= 4 is 35.1 Å². The van der Waals surface area contributed by atoms with Crippen molar-refractivity contribution in [2.24, 2.45) is 0 Å². The molecule has 3 aromatic carbocycles. The first-order valence-corrected chi connectivity index (χ1v) is 11.8. The van der Waals surface area contributed by atoms with Crippen molar-refractivity contribution in [3.05, 3.63) is 99.0 Å². The van der Waals surface area contributed by atoms with Crippen LogP contribution >= 0.6 is 23.2 Å². The molecule has 176 valence electrons. The van der Waals surface area contributed by atoms with Gasteiger partial charge < -0.3 is 14.7 Å². The van der Waals surface area contributed by atoms with Crippen molar-refractivity contribution < 1.29 is 19.4 Å². The molecule has 0 aliphatic carbocycles. The Kier molecular flexibility index (Phi) is 7.15. The highest BCUT2D eigenvalue weighted by Gasteiger charge is 2.36. The predicted octanol–water partition coefficient (Wildman–Crippen LogP) is 6.05. The Morgan fingerprint density at radius 2 is 1.65 bits per heavy atom. The number of fused-ring (bicyclic) bond motifs is 1. The molecule has 1 aliphatic heterocycles. The number of hydrogen-bond donors (Lipinski definition) is 1. The van der Waals surface area contributed by atoms with Crippen LogP contribution in [0.2, 0.25) is 10.0 Å². The van der Waals surface area contributed by atoms with E-state index in [0.717, 1.165) is 22.4 Å². The number of hydrogen-bond acceptors (Lipinski definition) is 3. The second-order valence-electron chi connectivity index (χ2n) is 8.78. The van der Waals surface area contributed by atoms with E-state index >= 15 is 0 Å². The molecule has 1 N–H and O–H groups in total. The Labute approximate surface area is 208 Å². The van der Waals surface area contributed by atoms with Crippen LogP contribution in [0, 0.1) is 0 Å². The van der Waals surface area contributed by atoms with Crippen molar-refractivity contribution in [3.63, 3.8) is 0 Å². The van der Waals surface area contributed by atoms with Gasteiger partial charge in [0, 0.05) is 41.5 Å². The molecule has 1 aliphatic rings. The zero-order valence-corrected chi connectivity index (χ0v) is 20.3. The molecular weight excluding hydrogens is 473 g/mol. The summed E-state index contributed by atoms with van der Waals surface area (Å²) in [5, 5.41) is 10.4. The highest BCUT2D eigenvalue weighted by atomic mass is 35.5. The molecule has 1 amide bonds. The van der Waals surface area contributed by atoms with Crippen molar-refractivity contribution in [1.82, 2.24) is 4.90 Å². The van der Waals surface area contributed by atoms with Gasteiger partial charge in [0.25, 0.3) is 5.91 Å². The number of carbonyl (C=O) groups is 2. The molecule has 0 aromatic heterocycles. The first-order valence-electron chi connectivity index (χ1n) is 11.0. The van der Waals surface area contributed by atoms with Crippen LogP contribution in [0.25, 0.3) is 0 Å². The summed E-state index contributed by atoms with van der Waals surface area (Å²) in [4.78, 5) is 26.1. The number of carboxylic acid groups (broad SMARTS) is 1. The van der Waals surface area contributed by atoms with Crippen LogP contribution in [0.3, 0.4) is 0 Å². The maximum absolute atomic E-state index is 13.4. The molecule has 0 saturated heterocycles. The zero-order valence-electron chi connectivity index (χ0n) is 18.8. The van der Waals surface area contributed by atoms with Crippen LogP contribution in [-0.2, 0) is 24.2 Å². The topological polar surface area (TPSA) is 66.8 Å². The van der Waals surface area contributed by atoms with E-state index in [1.807, 2.05) is 61.5 Å². The Bertz CT molecular complexity index is 1230. The van der Waals surface area contributed by atoms with E-state index in [1.54, 1.807) is 12.1 Å². The van der Waals surface area contributed by atoms with Crippen LogP contribution in [0.1, 0.15) is 40.4 Å². The molecule has 1 atom stereocenters. The fourth-order valence-corrected chi connectivity index (χ4v) is 4.69. The van der Waals surface area contributed by atoms with Gasteiger partial charge in [0.05, 0.1) is 6.42 Å². The summed E-state index contributed by atoms with van der Waals surface area (Å²) in [7, 11) is 0. The van der Waals surface area contributed by atoms with Crippen LogP contribution in [0.5, 0.6) is 5.75 Å². The fourth-order valence-electron chi connectivity index (χ4n) is 4.30. The van der Waals surface area contributed by atoms with Crippen LogP contribution < -0.4 is 4.74 Å². The van der Waals surface area contributed by atoms with Gasteiger partial charge in [-0.2, -0.15) is 0 Å². The lowest BCUT2D eigenvalue weighted by Crippen LogP contribution is -2.33. The molecule has 0 saturated carbocycles. The normalized spacial score (nSPS) is 16.6. The van der Waals surface area contributed by atoms with E-state index < -0.39 is 11.6 Å². The van der Waals surface area contributed by atoms with E-state index in [4.69, 9.17) is 27.9 Å². The van der Waals surface area contributed by atoms with Gasteiger partial charge in [-0.1, -0.05) is 59.6 Å². The summed E-state index contributed by atoms with van der Waals surface area (Å²) in [5.41, 5.74) is 2.73. The first-order chi connectivity index (χ1) is 16.2. The minimum Gasteiger partial charge on any atom is -0.487 e. The Morgan fingerprint density at radius 1 is 1.00 bits per heavy atom. The summed E-state index contributed by atoms with van der Waals surface area (Å²) < 4.78 is 6.26. The number of carbonyl (C=O) groups excluding carboxylic acids is 1. The van der Waals surface area contributed by atoms with Gasteiger partial charge in [0.15, 0.2) is 0 Å². The quantitative estimate of drug-likeness (QED) is 0.411. The highest BCUT2D eigenvalue weighted by Crippen LogP contribution is 2.38. The molecule has 0 bridgehead atoms. The van der Waals surface area contributed by atoms with Gasteiger partial charge >= 0.3 is 5.97 Å². The second-order valence-corrected chi connectivity index (χ2v) is 9.60. The molecule has 0 spiro atoms. The summed E-state index contributed by atoms with van der Waals surface area (Å²) in [6.45, 7) is 2.34. The number of rotatable bonds is 8. The van der Waals surface area contributed by atoms with E-state index in [9.17, 15) is 14.7 Å². The predicted molar refractivity (Wildman–Crippen MR) is 133 cm³/mol. The van der Waals surface area contributed by atoms with Gasteiger partial charge in [-0.15, -0.1) is 0 Å². The number of benzene rings is 3. The molecule has 1 heterocycles. The van der Waals surface area contributed by atoms with E-state index in [1.165, 1.54) is 4.90 Å². The number of halogens is 2.